The van der Waals surface area contributed by atoms with Crippen LogP contribution >= 0.6 is 31.9 Å². The minimum Gasteiger partial charge on any atom is -0.229 e. The Morgan fingerprint density at radius 3 is 1.73 bits per heavy atom. The molecule has 0 aromatic rings. The molecule has 1 heterocycles. The Kier molecular flexibility index (Phi) is 2.09. The molecular formula is C10H12Br2O2S. The smallest absolute Gasteiger partial charge is 0.152 e. The summed E-state index contributed by atoms with van der Waals surface area (Å²) in [5.74, 6) is 0.719. The van der Waals surface area contributed by atoms with Gasteiger partial charge in [-0.3, -0.25) is 0 Å². The van der Waals surface area contributed by atoms with E-state index in [-0.39, 0.29) is 10.8 Å². The normalized spacial score (nSPS) is 55.6. The summed E-state index contributed by atoms with van der Waals surface area (Å²) in [6.45, 7) is 0. The molecule has 3 aliphatic rings. The van der Waals surface area contributed by atoms with E-state index in [0.29, 0.717) is 21.2 Å². The monoisotopic (exact) mass is 354 g/mol. The maximum absolute atomic E-state index is 11.8. The van der Waals surface area contributed by atoms with Crippen molar-refractivity contribution < 1.29 is 8.42 Å². The number of allylic oxidation sites excluding steroid dienone is 2. The third kappa shape index (κ3) is 1.29. The second kappa shape index (κ2) is 2.91. The Hall–Kier alpha value is 0.650. The zero-order chi connectivity index (χ0) is 10.9. The lowest BCUT2D eigenvalue weighted by Gasteiger charge is -2.54. The Morgan fingerprint density at radius 1 is 1.00 bits per heavy atom. The molecule has 15 heavy (non-hydrogen) atoms. The predicted octanol–water partition coefficient (Wildman–Crippen LogP) is 2.28. The fraction of sp³-hybridized carbons (Fsp3) is 0.800. The average Bonchev–Trinajstić information content (AvgIpc) is 2.25. The average molecular weight is 356 g/mol. The number of sulfone groups is 1. The highest BCUT2D eigenvalue weighted by Gasteiger charge is 2.65. The Labute approximate surface area is 107 Å². The van der Waals surface area contributed by atoms with Gasteiger partial charge in [-0.15, -0.1) is 0 Å². The van der Waals surface area contributed by atoms with Gasteiger partial charge in [-0.25, -0.2) is 8.42 Å². The van der Waals surface area contributed by atoms with Crippen molar-refractivity contribution in [3.8, 4) is 0 Å². The van der Waals surface area contributed by atoms with E-state index in [0.717, 1.165) is 12.8 Å². The third-order valence-electron chi connectivity index (χ3n) is 4.18. The van der Waals surface area contributed by atoms with Crippen molar-refractivity contribution in [1.82, 2.24) is 0 Å². The largest absolute Gasteiger partial charge is 0.229 e. The summed E-state index contributed by atoms with van der Waals surface area (Å²) in [5.41, 5.74) is -0.103. The van der Waals surface area contributed by atoms with Crippen LogP contribution in [-0.4, -0.2) is 29.6 Å². The Balaban J connectivity index is 2.06. The highest BCUT2D eigenvalue weighted by molar-refractivity contribution is 9.12. The highest BCUT2D eigenvalue weighted by atomic mass is 79.9. The molecule has 0 spiro atoms. The van der Waals surface area contributed by atoms with Gasteiger partial charge < -0.3 is 0 Å². The molecule has 0 bridgehead atoms. The number of hydrogen-bond acceptors (Lipinski definition) is 2. The number of hydrogen-bond donors (Lipinski definition) is 0. The molecule has 2 fully saturated rings. The van der Waals surface area contributed by atoms with Crippen LogP contribution in [0.4, 0.5) is 0 Å². The second-order valence-electron chi connectivity index (χ2n) is 5.12. The van der Waals surface area contributed by atoms with Crippen LogP contribution in [0.1, 0.15) is 12.8 Å². The van der Waals surface area contributed by atoms with E-state index in [1.807, 2.05) is 0 Å². The molecule has 1 aliphatic heterocycles. The van der Waals surface area contributed by atoms with E-state index < -0.39 is 9.84 Å². The van der Waals surface area contributed by atoms with Crippen molar-refractivity contribution in [3.05, 3.63) is 12.2 Å². The molecule has 0 aromatic carbocycles. The Morgan fingerprint density at radius 2 is 1.40 bits per heavy atom. The minimum atomic E-state index is -2.83. The molecule has 5 heteroatoms. The molecule has 2 nitrogen and oxygen atoms in total. The first-order chi connectivity index (χ1) is 6.88. The fourth-order valence-corrected chi connectivity index (χ4v) is 7.59. The first kappa shape index (κ1) is 10.8. The topological polar surface area (TPSA) is 34.1 Å². The van der Waals surface area contributed by atoms with Gasteiger partial charge in [-0.1, -0.05) is 44.0 Å². The summed E-state index contributed by atoms with van der Waals surface area (Å²) in [6.07, 6.45) is 6.15. The van der Waals surface area contributed by atoms with E-state index in [9.17, 15) is 8.42 Å². The molecule has 0 amide bonds. The molecular weight excluding hydrogens is 344 g/mol. The van der Waals surface area contributed by atoms with E-state index in [4.69, 9.17) is 0 Å². The van der Waals surface area contributed by atoms with Gasteiger partial charge in [0, 0.05) is 20.5 Å². The standard InChI is InChI=1S/C10H12Br2O2S/c11-7-3-9-1-2-10(9,4-8(7)12)6-15(13,14)5-9/h1-2,7-8H,3-6H2/t7-,8+,9+,10-. The molecule has 84 valence electrons. The van der Waals surface area contributed by atoms with Crippen molar-refractivity contribution in [1.29, 1.82) is 0 Å². The van der Waals surface area contributed by atoms with Crippen LogP contribution in [0.5, 0.6) is 0 Å². The predicted molar refractivity (Wildman–Crippen MR) is 67.3 cm³/mol. The van der Waals surface area contributed by atoms with Crippen molar-refractivity contribution in [2.45, 2.75) is 22.5 Å². The summed E-state index contributed by atoms with van der Waals surface area (Å²) in [4.78, 5) is 0.785. The maximum Gasteiger partial charge on any atom is 0.152 e. The number of alkyl halides is 2. The summed E-state index contributed by atoms with van der Waals surface area (Å²) >= 11 is 7.29. The maximum atomic E-state index is 11.8. The molecule has 0 aromatic heterocycles. The van der Waals surface area contributed by atoms with Gasteiger partial charge in [0.15, 0.2) is 9.84 Å². The quantitative estimate of drug-likeness (QED) is 0.493. The van der Waals surface area contributed by atoms with Crippen LogP contribution in [0.15, 0.2) is 12.2 Å². The van der Waals surface area contributed by atoms with Gasteiger partial charge in [0.2, 0.25) is 0 Å². The van der Waals surface area contributed by atoms with Crippen LogP contribution in [0.25, 0.3) is 0 Å². The molecule has 0 radical (unpaired) electrons. The second-order valence-corrected chi connectivity index (χ2v) is 9.53. The van der Waals surface area contributed by atoms with Crippen LogP contribution in [0.2, 0.25) is 0 Å². The van der Waals surface area contributed by atoms with Crippen molar-refractivity contribution in [2.24, 2.45) is 10.8 Å². The van der Waals surface area contributed by atoms with Gasteiger partial charge in [0.25, 0.3) is 0 Å². The fourth-order valence-electron chi connectivity index (χ4n) is 3.39. The van der Waals surface area contributed by atoms with E-state index in [1.165, 1.54) is 0 Å². The summed E-state index contributed by atoms with van der Waals surface area (Å²) < 4.78 is 23.6. The van der Waals surface area contributed by atoms with Crippen LogP contribution < -0.4 is 0 Å². The SMILES string of the molecule is O=S1(=O)C[C@@]23C=C[C@@]2(C[C@H](Br)[C@H](Br)C3)C1. The number of rotatable bonds is 0. The number of halogens is 2. The molecule has 1 saturated heterocycles. The molecule has 1 saturated carbocycles. The van der Waals surface area contributed by atoms with Gasteiger partial charge in [0.1, 0.15) is 0 Å². The zero-order valence-corrected chi connectivity index (χ0v) is 12.1. The van der Waals surface area contributed by atoms with Crippen molar-refractivity contribution in [3.63, 3.8) is 0 Å². The zero-order valence-electron chi connectivity index (χ0n) is 8.12. The van der Waals surface area contributed by atoms with Crippen molar-refractivity contribution in [2.75, 3.05) is 11.5 Å². The van der Waals surface area contributed by atoms with Gasteiger partial charge in [-0.2, -0.15) is 0 Å². The van der Waals surface area contributed by atoms with Gasteiger partial charge in [-0.05, 0) is 12.8 Å². The van der Waals surface area contributed by atoms with Crippen LogP contribution in [0.3, 0.4) is 0 Å². The van der Waals surface area contributed by atoms with E-state index in [2.05, 4.69) is 44.0 Å². The first-order valence-electron chi connectivity index (χ1n) is 5.07. The summed E-state index contributed by atoms with van der Waals surface area (Å²) in [7, 11) is -2.83. The van der Waals surface area contributed by atoms with Gasteiger partial charge >= 0.3 is 0 Å². The van der Waals surface area contributed by atoms with E-state index >= 15 is 0 Å². The third-order valence-corrected chi connectivity index (χ3v) is 8.72. The molecule has 3 rings (SSSR count). The van der Waals surface area contributed by atoms with Crippen LogP contribution in [-0.2, 0) is 9.84 Å². The molecule has 0 unspecified atom stereocenters. The summed E-state index contributed by atoms with van der Waals surface area (Å²) in [6, 6.07) is 0. The lowest BCUT2D eigenvalue weighted by Crippen LogP contribution is -2.53. The summed E-state index contributed by atoms with van der Waals surface area (Å²) in [5, 5.41) is 0. The first-order valence-corrected chi connectivity index (χ1v) is 8.72. The highest BCUT2D eigenvalue weighted by Crippen LogP contribution is 2.65. The molecule has 2 aliphatic carbocycles. The van der Waals surface area contributed by atoms with Gasteiger partial charge in [0.05, 0.1) is 11.5 Å². The molecule has 4 atom stereocenters. The molecule has 0 N–H and O–H groups in total. The van der Waals surface area contributed by atoms with E-state index in [1.54, 1.807) is 0 Å². The minimum absolute atomic E-state index is 0.0513. The Bertz CT molecular complexity index is 410. The van der Waals surface area contributed by atoms with Crippen molar-refractivity contribution >= 4 is 41.7 Å². The lowest BCUT2D eigenvalue weighted by molar-refractivity contribution is 0.109. The van der Waals surface area contributed by atoms with Crippen LogP contribution in [0, 0.1) is 10.8 Å². The lowest BCUT2D eigenvalue weighted by atomic mass is 9.51.